The molecular formula is C28H30F2N4O5. The van der Waals surface area contributed by atoms with Crippen molar-refractivity contribution in [3.63, 3.8) is 0 Å². The number of fused-ring (bicyclic) bond motifs is 5. The Morgan fingerprint density at radius 1 is 1.31 bits per heavy atom. The number of hydrogen-bond donors (Lipinski definition) is 1. The van der Waals surface area contributed by atoms with Crippen molar-refractivity contribution in [2.75, 3.05) is 13.2 Å². The minimum absolute atomic E-state index is 0.0524. The zero-order valence-corrected chi connectivity index (χ0v) is 22.0. The molecule has 3 atom stereocenters. The topological polar surface area (TPSA) is 102 Å². The molecule has 0 saturated heterocycles. The molecule has 0 saturated carbocycles. The Morgan fingerprint density at radius 3 is 2.79 bits per heavy atom. The molecule has 3 aliphatic rings. The van der Waals surface area contributed by atoms with Gasteiger partial charge in [0.25, 0.3) is 11.8 Å². The largest absolute Gasteiger partial charge is 0.487 e. The van der Waals surface area contributed by atoms with Crippen LogP contribution in [0.2, 0.25) is 0 Å². The predicted molar refractivity (Wildman–Crippen MR) is 139 cm³/mol. The summed E-state index contributed by atoms with van der Waals surface area (Å²) in [5.74, 6) is -2.93. The number of carbonyl (C=O) groups is 2. The molecule has 3 aliphatic heterocycles. The van der Waals surface area contributed by atoms with Crippen molar-refractivity contribution in [1.82, 2.24) is 14.8 Å². The number of nitrogens with one attached hydrogen (secondary N) is 1. The molecule has 9 nitrogen and oxygen atoms in total. The summed E-state index contributed by atoms with van der Waals surface area (Å²) >= 11 is 0. The van der Waals surface area contributed by atoms with Gasteiger partial charge in [-0.15, -0.1) is 0 Å². The van der Waals surface area contributed by atoms with E-state index in [1.54, 1.807) is 9.47 Å². The number of carbonyl (C=O) groups excluding carboxylic acids is 2. The van der Waals surface area contributed by atoms with Crippen LogP contribution in [0.15, 0.2) is 46.5 Å². The van der Waals surface area contributed by atoms with Gasteiger partial charge in [-0.1, -0.05) is 30.6 Å². The van der Waals surface area contributed by atoms with Crippen molar-refractivity contribution in [1.29, 1.82) is 0 Å². The average molecular weight is 541 g/mol. The van der Waals surface area contributed by atoms with Crippen molar-refractivity contribution in [3.05, 3.63) is 75.2 Å². The van der Waals surface area contributed by atoms with Crippen molar-refractivity contribution >= 4 is 17.5 Å². The molecule has 1 aromatic heterocycles. The molecule has 4 heterocycles. The lowest BCUT2D eigenvalue weighted by Crippen LogP contribution is -2.53. The number of rotatable bonds is 7. The fourth-order valence-corrected chi connectivity index (χ4v) is 5.26. The van der Waals surface area contributed by atoms with E-state index in [-0.39, 0.29) is 54.2 Å². The van der Waals surface area contributed by atoms with Gasteiger partial charge < -0.3 is 24.4 Å². The van der Waals surface area contributed by atoms with E-state index in [9.17, 15) is 23.2 Å². The standard InChI is InChI=1S/C28H30F2N4O5/c1-4-5-10-38-25-23-27(37)33-15-22(28(9-8-17(33)3)12-16(2)32-39-28)34(23)14-20(24(25)35)26(36)31-13-18-6-7-19(29)11-21(18)30/h6-9,11,14,17,22H,4-5,10,12-13,15H2,1-3H3,(H,31,36)/t17-,22-,28-/m0/s1. The molecule has 0 radical (unpaired) electrons. The van der Waals surface area contributed by atoms with Gasteiger partial charge >= 0.3 is 0 Å². The van der Waals surface area contributed by atoms with Crippen molar-refractivity contribution in [3.8, 4) is 5.75 Å². The first-order valence-corrected chi connectivity index (χ1v) is 13.0. The maximum absolute atomic E-state index is 14.1. The van der Waals surface area contributed by atoms with Crippen LogP contribution in [-0.2, 0) is 11.4 Å². The molecule has 0 unspecified atom stereocenters. The highest BCUT2D eigenvalue weighted by Gasteiger charge is 2.52. The number of amides is 2. The molecule has 2 aromatic rings. The Balaban J connectivity index is 1.60. The van der Waals surface area contributed by atoms with Crippen LogP contribution in [-0.4, -0.2) is 51.8 Å². The van der Waals surface area contributed by atoms with E-state index in [4.69, 9.17) is 9.57 Å². The number of unbranched alkanes of at least 4 members (excludes halogenated alkanes) is 1. The third-order valence-corrected chi connectivity index (χ3v) is 7.42. The minimum atomic E-state index is -0.927. The molecule has 1 N–H and O–H groups in total. The number of aromatic nitrogens is 1. The van der Waals surface area contributed by atoms with Crippen LogP contribution in [0, 0.1) is 11.6 Å². The zero-order chi connectivity index (χ0) is 27.9. The van der Waals surface area contributed by atoms with Crippen LogP contribution in [0.3, 0.4) is 0 Å². The highest BCUT2D eigenvalue weighted by molar-refractivity contribution is 5.99. The van der Waals surface area contributed by atoms with E-state index >= 15 is 0 Å². The summed E-state index contributed by atoms with van der Waals surface area (Å²) in [7, 11) is 0. The summed E-state index contributed by atoms with van der Waals surface area (Å²) in [6.07, 6.45) is 7.04. The lowest BCUT2D eigenvalue weighted by atomic mass is 9.87. The van der Waals surface area contributed by atoms with Crippen LogP contribution in [0.1, 0.15) is 72.5 Å². The zero-order valence-electron chi connectivity index (χ0n) is 22.0. The van der Waals surface area contributed by atoms with E-state index in [0.29, 0.717) is 12.8 Å². The number of halogens is 2. The third kappa shape index (κ3) is 4.70. The number of pyridine rings is 1. The summed E-state index contributed by atoms with van der Waals surface area (Å²) < 4.78 is 34.9. The fraction of sp³-hybridized carbons (Fsp3) is 0.429. The molecule has 206 valence electrons. The maximum Gasteiger partial charge on any atom is 0.275 e. The first-order valence-electron chi connectivity index (χ1n) is 13.0. The molecule has 5 rings (SSSR count). The minimum Gasteiger partial charge on any atom is -0.487 e. The van der Waals surface area contributed by atoms with E-state index in [0.717, 1.165) is 24.3 Å². The molecule has 0 aliphatic carbocycles. The average Bonchev–Trinajstić information content (AvgIpc) is 3.23. The van der Waals surface area contributed by atoms with Crippen LogP contribution >= 0.6 is 0 Å². The first-order chi connectivity index (χ1) is 18.6. The van der Waals surface area contributed by atoms with Gasteiger partial charge in [0.1, 0.15) is 17.2 Å². The van der Waals surface area contributed by atoms with Gasteiger partial charge in [-0.05, 0) is 32.4 Å². The Hall–Kier alpha value is -4.02. The van der Waals surface area contributed by atoms with Gasteiger partial charge in [-0.2, -0.15) is 0 Å². The molecule has 0 fully saturated rings. The first kappa shape index (κ1) is 26.6. The fourth-order valence-electron chi connectivity index (χ4n) is 5.26. The molecule has 39 heavy (non-hydrogen) atoms. The van der Waals surface area contributed by atoms with Crippen molar-refractivity contribution < 1.29 is 27.9 Å². The van der Waals surface area contributed by atoms with E-state index < -0.39 is 34.6 Å². The van der Waals surface area contributed by atoms with Crippen molar-refractivity contribution in [2.45, 2.75) is 64.3 Å². The second-order valence-electron chi connectivity index (χ2n) is 10.2. The molecule has 1 aromatic carbocycles. The van der Waals surface area contributed by atoms with Crippen LogP contribution in [0.5, 0.6) is 5.75 Å². The Morgan fingerprint density at radius 2 is 2.10 bits per heavy atom. The maximum atomic E-state index is 14.1. The Kier molecular flexibility index (Phi) is 7.00. The molecule has 11 heteroatoms. The molecule has 2 amide bonds. The highest BCUT2D eigenvalue weighted by atomic mass is 19.1. The number of oxime groups is 1. The third-order valence-electron chi connectivity index (χ3n) is 7.42. The summed E-state index contributed by atoms with van der Waals surface area (Å²) in [5, 5.41) is 6.71. The Labute approximate surface area is 224 Å². The smallest absolute Gasteiger partial charge is 0.275 e. The number of hydrogen-bond acceptors (Lipinski definition) is 6. The van der Waals surface area contributed by atoms with Crippen molar-refractivity contribution in [2.24, 2.45) is 5.16 Å². The lowest BCUT2D eigenvalue weighted by Gasteiger charge is -2.42. The number of ether oxygens (including phenoxy) is 1. The highest BCUT2D eigenvalue weighted by Crippen LogP contribution is 2.43. The quantitative estimate of drug-likeness (QED) is 0.426. The lowest BCUT2D eigenvalue weighted by molar-refractivity contribution is -0.0317. The van der Waals surface area contributed by atoms with Crippen LogP contribution in [0.25, 0.3) is 0 Å². The van der Waals surface area contributed by atoms with Crippen LogP contribution in [0.4, 0.5) is 8.78 Å². The van der Waals surface area contributed by atoms with Gasteiger partial charge in [-0.3, -0.25) is 14.4 Å². The molecule has 2 bridgehead atoms. The predicted octanol–water partition coefficient (Wildman–Crippen LogP) is 3.73. The van der Waals surface area contributed by atoms with E-state index in [1.807, 2.05) is 32.9 Å². The Bertz CT molecular complexity index is 1450. The SMILES string of the molecule is CCCCOc1c2n(cc(C(=O)NCc3ccc(F)cc3F)c1=O)[C@H]1CN(C2=O)[C@@H](C)C=C[C@]12CC(C)=NO2. The molecular weight excluding hydrogens is 510 g/mol. The van der Waals surface area contributed by atoms with Gasteiger partial charge in [0, 0.05) is 43.4 Å². The summed E-state index contributed by atoms with van der Waals surface area (Å²) in [5.41, 5.74) is -1.04. The number of nitrogens with zero attached hydrogens (tertiary/aromatic N) is 3. The van der Waals surface area contributed by atoms with Gasteiger partial charge in [0.15, 0.2) is 17.0 Å². The molecule has 1 spiro atoms. The second-order valence-corrected chi connectivity index (χ2v) is 10.2. The number of benzene rings is 1. The monoisotopic (exact) mass is 540 g/mol. The second kappa shape index (κ2) is 10.3. The van der Waals surface area contributed by atoms with Gasteiger partial charge in [-0.25, -0.2) is 8.78 Å². The van der Waals surface area contributed by atoms with Crippen LogP contribution < -0.4 is 15.5 Å². The summed E-state index contributed by atoms with van der Waals surface area (Å²) in [6, 6.07) is 2.24. The van der Waals surface area contributed by atoms with E-state index in [2.05, 4.69) is 10.5 Å². The van der Waals surface area contributed by atoms with E-state index in [1.165, 1.54) is 12.3 Å². The van der Waals surface area contributed by atoms with Gasteiger partial charge in [0.2, 0.25) is 5.43 Å². The summed E-state index contributed by atoms with van der Waals surface area (Å²) in [6.45, 7) is 5.87. The normalized spacial score (nSPS) is 23.3. The summed E-state index contributed by atoms with van der Waals surface area (Å²) in [4.78, 5) is 48.3. The van der Waals surface area contributed by atoms with Gasteiger partial charge in [0.05, 0.1) is 18.4 Å².